The number of hydrogen-bond donors (Lipinski definition) is 1. The molecule has 0 aromatic rings. The second-order valence-electron chi connectivity index (χ2n) is 4.09. The van der Waals surface area contributed by atoms with Gasteiger partial charge in [-0.2, -0.15) is 0 Å². The molecule has 1 aliphatic rings. The Morgan fingerprint density at radius 2 is 2.00 bits per heavy atom. The van der Waals surface area contributed by atoms with E-state index in [1.807, 2.05) is 0 Å². The largest absolute Gasteiger partial charge is 0.393 e. The molecule has 0 saturated heterocycles. The van der Waals surface area contributed by atoms with Crippen molar-refractivity contribution in [1.82, 2.24) is 0 Å². The zero-order valence-corrected chi connectivity index (χ0v) is 7.22. The van der Waals surface area contributed by atoms with Crippen LogP contribution in [0.3, 0.4) is 0 Å². The van der Waals surface area contributed by atoms with Crippen molar-refractivity contribution in [2.45, 2.75) is 46.1 Å². The average molecular weight is 142 g/mol. The molecule has 0 aliphatic heterocycles. The van der Waals surface area contributed by atoms with E-state index < -0.39 is 0 Å². The van der Waals surface area contributed by atoms with Crippen molar-refractivity contribution in [3.8, 4) is 0 Å². The van der Waals surface area contributed by atoms with Gasteiger partial charge in [-0.15, -0.1) is 0 Å². The molecule has 1 heteroatoms. The van der Waals surface area contributed by atoms with Gasteiger partial charge in [0.05, 0.1) is 6.10 Å². The van der Waals surface area contributed by atoms with Crippen molar-refractivity contribution < 1.29 is 5.11 Å². The maximum absolute atomic E-state index is 9.37. The Bertz CT molecular complexity index is 118. The van der Waals surface area contributed by atoms with Crippen LogP contribution in [0.1, 0.15) is 40.0 Å². The number of hydrogen-bond acceptors (Lipinski definition) is 1. The van der Waals surface area contributed by atoms with E-state index in [1.165, 1.54) is 12.8 Å². The quantitative estimate of drug-likeness (QED) is 0.626. The molecule has 2 unspecified atom stereocenters. The Morgan fingerprint density at radius 3 is 2.10 bits per heavy atom. The molecule has 0 bridgehead atoms. The van der Waals surface area contributed by atoms with Crippen LogP contribution in [0, 0.1) is 11.3 Å². The zero-order chi connectivity index (χ0) is 7.78. The summed E-state index contributed by atoms with van der Waals surface area (Å²) in [7, 11) is 0. The van der Waals surface area contributed by atoms with E-state index in [9.17, 15) is 5.11 Å². The summed E-state index contributed by atoms with van der Waals surface area (Å²) in [4.78, 5) is 0. The molecular formula is C9H18O. The second-order valence-corrected chi connectivity index (χ2v) is 4.09. The summed E-state index contributed by atoms with van der Waals surface area (Å²) >= 11 is 0. The molecule has 1 nitrogen and oxygen atoms in total. The fourth-order valence-corrected chi connectivity index (χ4v) is 1.66. The lowest BCUT2D eigenvalue weighted by Gasteiger charge is -2.44. The predicted molar refractivity (Wildman–Crippen MR) is 42.8 cm³/mol. The van der Waals surface area contributed by atoms with Crippen LogP contribution in [0.5, 0.6) is 0 Å². The van der Waals surface area contributed by atoms with Crippen LogP contribution in [0.15, 0.2) is 0 Å². The van der Waals surface area contributed by atoms with E-state index in [0.29, 0.717) is 11.3 Å². The van der Waals surface area contributed by atoms with Gasteiger partial charge in [0.25, 0.3) is 0 Å². The van der Waals surface area contributed by atoms with E-state index >= 15 is 0 Å². The second kappa shape index (κ2) is 2.54. The molecule has 2 atom stereocenters. The normalized spacial score (nSPS) is 33.6. The summed E-state index contributed by atoms with van der Waals surface area (Å²) in [5.74, 6) is 0.567. The highest BCUT2D eigenvalue weighted by Crippen LogP contribution is 2.43. The van der Waals surface area contributed by atoms with Crippen molar-refractivity contribution in [2.24, 2.45) is 11.3 Å². The third-order valence-electron chi connectivity index (χ3n) is 3.15. The third kappa shape index (κ3) is 1.20. The van der Waals surface area contributed by atoms with E-state index in [4.69, 9.17) is 0 Å². The number of aliphatic hydroxyl groups excluding tert-OH is 1. The first-order valence-electron chi connectivity index (χ1n) is 4.26. The van der Waals surface area contributed by atoms with Gasteiger partial charge in [-0.25, -0.2) is 0 Å². The predicted octanol–water partition coefficient (Wildman–Crippen LogP) is 2.19. The van der Waals surface area contributed by atoms with Crippen molar-refractivity contribution in [2.75, 3.05) is 0 Å². The Morgan fingerprint density at radius 1 is 1.40 bits per heavy atom. The molecule has 0 amide bonds. The van der Waals surface area contributed by atoms with E-state index in [1.54, 1.807) is 0 Å². The summed E-state index contributed by atoms with van der Waals surface area (Å²) in [5, 5.41) is 9.37. The molecule has 10 heavy (non-hydrogen) atoms. The fourth-order valence-electron chi connectivity index (χ4n) is 1.66. The smallest absolute Gasteiger partial charge is 0.0573 e. The van der Waals surface area contributed by atoms with Crippen molar-refractivity contribution in [3.05, 3.63) is 0 Å². The minimum Gasteiger partial charge on any atom is -0.393 e. The first kappa shape index (κ1) is 8.06. The van der Waals surface area contributed by atoms with Crippen molar-refractivity contribution in [3.63, 3.8) is 0 Å². The lowest BCUT2D eigenvalue weighted by Crippen LogP contribution is -2.41. The summed E-state index contributed by atoms with van der Waals surface area (Å²) < 4.78 is 0. The molecule has 1 rings (SSSR count). The molecular weight excluding hydrogens is 124 g/mol. The van der Waals surface area contributed by atoms with Gasteiger partial charge in [0.15, 0.2) is 0 Å². The molecule has 0 spiro atoms. The van der Waals surface area contributed by atoms with Gasteiger partial charge in [-0.1, -0.05) is 27.2 Å². The summed E-state index contributed by atoms with van der Waals surface area (Å²) in [5.41, 5.74) is 0.359. The van der Waals surface area contributed by atoms with Crippen LogP contribution in [-0.4, -0.2) is 11.2 Å². The van der Waals surface area contributed by atoms with Crippen LogP contribution < -0.4 is 0 Å². The lowest BCUT2D eigenvalue weighted by molar-refractivity contribution is -0.0441. The highest BCUT2D eigenvalue weighted by Gasteiger charge is 2.39. The minimum absolute atomic E-state index is 0.00468. The minimum atomic E-state index is -0.00468. The molecule has 1 N–H and O–H groups in total. The van der Waals surface area contributed by atoms with Crippen LogP contribution in [0.25, 0.3) is 0 Å². The van der Waals surface area contributed by atoms with Crippen LogP contribution in [0.2, 0.25) is 0 Å². The maximum atomic E-state index is 9.37. The monoisotopic (exact) mass is 142 g/mol. The summed E-state index contributed by atoms with van der Waals surface area (Å²) in [6, 6.07) is 0. The van der Waals surface area contributed by atoms with Crippen LogP contribution >= 0.6 is 0 Å². The topological polar surface area (TPSA) is 20.2 Å². The molecule has 60 valence electrons. The van der Waals surface area contributed by atoms with Crippen molar-refractivity contribution in [1.29, 1.82) is 0 Å². The summed E-state index contributed by atoms with van der Waals surface area (Å²) in [6.07, 6.45) is 3.42. The third-order valence-corrected chi connectivity index (χ3v) is 3.15. The SMILES string of the molecule is CCC(C)(C)C1CCC1O. The van der Waals surface area contributed by atoms with Crippen LogP contribution in [0.4, 0.5) is 0 Å². The Kier molecular flexibility index (Phi) is 2.04. The first-order chi connectivity index (χ1) is 4.58. The standard InChI is InChI=1S/C9H18O/c1-4-9(2,3)7-5-6-8(7)10/h7-8,10H,4-6H2,1-3H3. The van der Waals surface area contributed by atoms with E-state index in [-0.39, 0.29) is 6.10 Å². The summed E-state index contributed by atoms with van der Waals surface area (Å²) in [6.45, 7) is 6.70. The Balaban J connectivity index is 2.47. The van der Waals surface area contributed by atoms with Gasteiger partial charge >= 0.3 is 0 Å². The highest BCUT2D eigenvalue weighted by molar-refractivity contribution is 4.89. The molecule has 1 aliphatic carbocycles. The molecule has 0 heterocycles. The number of rotatable bonds is 2. The van der Waals surface area contributed by atoms with Gasteiger partial charge in [-0.3, -0.25) is 0 Å². The Hall–Kier alpha value is -0.0400. The average Bonchev–Trinajstić information content (AvgIpc) is 1.84. The molecule has 0 aromatic heterocycles. The fraction of sp³-hybridized carbons (Fsp3) is 1.00. The van der Waals surface area contributed by atoms with Gasteiger partial charge in [0, 0.05) is 0 Å². The molecule has 0 aromatic carbocycles. The van der Waals surface area contributed by atoms with E-state index in [2.05, 4.69) is 20.8 Å². The molecule has 0 radical (unpaired) electrons. The zero-order valence-electron chi connectivity index (χ0n) is 7.22. The molecule has 1 saturated carbocycles. The molecule has 1 fully saturated rings. The van der Waals surface area contributed by atoms with Gasteiger partial charge < -0.3 is 5.11 Å². The van der Waals surface area contributed by atoms with Crippen LogP contribution in [-0.2, 0) is 0 Å². The highest BCUT2D eigenvalue weighted by atomic mass is 16.3. The lowest BCUT2D eigenvalue weighted by atomic mass is 9.64. The Labute approximate surface area is 63.4 Å². The maximum Gasteiger partial charge on any atom is 0.0573 e. The first-order valence-corrected chi connectivity index (χ1v) is 4.26. The van der Waals surface area contributed by atoms with Gasteiger partial charge in [-0.05, 0) is 24.2 Å². The van der Waals surface area contributed by atoms with Gasteiger partial charge in [0.2, 0.25) is 0 Å². The van der Waals surface area contributed by atoms with E-state index in [0.717, 1.165) is 6.42 Å². The van der Waals surface area contributed by atoms with Crippen molar-refractivity contribution >= 4 is 0 Å². The van der Waals surface area contributed by atoms with Gasteiger partial charge in [0.1, 0.15) is 0 Å². The number of aliphatic hydroxyl groups is 1.